The van der Waals surface area contributed by atoms with Crippen LogP contribution >= 0.6 is 0 Å². The van der Waals surface area contributed by atoms with E-state index in [1.54, 1.807) is 36.4 Å². The van der Waals surface area contributed by atoms with Crippen LogP contribution in [0.4, 0.5) is 13.2 Å². The first-order valence-electron chi connectivity index (χ1n) is 14.0. The fourth-order valence-corrected chi connectivity index (χ4v) is 5.77. The predicted molar refractivity (Wildman–Crippen MR) is 169 cm³/mol. The Morgan fingerprint density at radius 2 is 0.727 bits per heavy atom. The van der Waals surface area contributed by atoms with Crippen LogP contribution < -0.4 is 10.7 Å². The minimum Gasteiger partial charge on any atom is -0.353 e. The number of hydrogen-bond acceptors (Lipinski definition) is 3. The Morgan fingerprint density at radius 1 is 0.364 bits per heavy atom. The molecule has 8 bridgehead atoms. The minimum absolute atomic E-state index is 0.332. The number of hydrogen-bond donors (Lipinski definition) is 1. The second kappa shape index (κ2) is 10.2. The number of nitrogens with zero attached hydrogens (tertiary/aromatic N) is 3. The van der Waals surface area contributed by atoms with Crippen LogP contribution in [-0.4, -0.2) is 22.1 Å². The zero-order chi connectivity index (χ0) is 29.8. The van der Waals surface area contributed by atoms with Crippen LogP contribution in [0.1, 0.15) is 16.7 Å². The number of aromatic nitrogens is 1. The Kier molecular flexibility index (Phi) is 5.98. The van der Waals surface area contributed by atoms with E-state index in [1.807, 2.05) is 48.6 Å². The molecule has 0 aliphatic carbocycles. The van der Waals surface area contributed by atoms with Gasteiger partial charge in [0.05, 0.1) is 39.6 Å². The zero-order valence-corrected chi connectivity index (χ0v) is 23.0. The van der Waals surface area contributed by atoms with Crippen molar-refractivity contribution in [1.29, 1.82) is 0 Å². The highest BCUT2D eigenvalue weighted by Gasteiger charge is 2.24. The van der Waals surface area contributed by atoms with Crippen LogP contribution in [0.5, 0.6) is 0 Å². The molecular formula is C37H21F3N4. The molecule has 0 fully saturated rings. The number of benzene rings is 3. The molecule has 3 aromatic carbocycles. The van der Waals surface area contributed by atoms with Crippen molar-refractivity contribution in [3.8, 4) is 0 Å². The summed E-state index contributed by atoms with van der Waals surface area (Å²) in [5.41, 5.74) is 8.58. The monoisotopic (exact) mass is 578 g/mol. The number of H-pyrrole nitrogens is 1. The van der Waals surface area contributed by atoms with E-state index >= 15 is 0 Å². The Hall–Kier alpha value is -5.82. The van der Waals surface area contributed by atoms with Crippen LogP contribution in [0.2, 0.25) is 0 Å². The number of rotatable bonds is 3. The van der Waals surface area contributed by atoms with Crippen molar-refractivity contribution in [3.63, 3.8) is 0 Å². The second-order valence-corrected chi connectivity index (χ2v) is 10.6. The summed E-state index contributed by atoms with van der Waals surface area (Å²) >= 11 is 0. The molecule has 0 spiro atoms. The van der Waals surface area contributed by atoms with Crippen molar-refractivity contribution < 1.29 is 13.2 Å². The van der Waals surface area contributed by atoms with Crippen molar-refractivity contribution >= 4 is 39.6 Å². The normalized spacial score (nSPS) is 16.8. The lowest BCUT2D eigenvalue weighted by Gasteiger charge is -2.11. The molecule has 0 saturated heterocycles. The summed E-state index contributed by atoms with van der Waals surface area (Å²) in [5.74, 6) is -1.02. The molecule has 0 unspecified atom stereocenters. The van der Waals surface area contributed by atoms with Crippen molar-refractivity contribution in [1.82, 2.24) is 4.98 Å². The van der Waals surface area contributed by atoms with Gasteiger partial charge >= 0.3 is 0 Å². The van der Waals surface area contributed by atoms with Crippen LogP contribution in [0.25, 0.3) is 22.4 Å². The Labute approximate surface area is 250 Å². The quantitative estimate of drug-likeness (QED) is 0.285. The summed E-state index contributed by atoms with van der Waals surface area (Å²) < 4.78 is 41.9. The molecule has 1 N–H and O–H groups in total. The highest BCUT2D eigenvalue weighted by molar-refractivity contribution is 6.37. The van der Waals surface area contributed by atoms with Gasteiger partial charge in [0.2, 0.25) is 0 Å². The SMILES string of the molecule is Fc1ccc(C2=C3C=CC(=N3)C(c3ccc(F)cc3)=C3C=CC(=N3)C(c3ccc(F)cc3)=c3ccc([nH]3)=C3C=CC2=N3)cc1. The topological polar surface area (TPSA) is 52.9 Å². The summed E-state index contributed by atoms with van der Waals surface area (Å²) in [5, 5.41) is 1.58. The fourth-order valence-electron chi connectivity index (χ4n) is 5.77. The highest BCUT2D eigenvalue weighted by atomic mass is 19.1. The molecule has 0 saturated carbocycles. The summed E-state index contributed by atoms with van der Waals surface area (Å²) in [6, 6.07) is 22.7. The van der Waals surface area contributed by atoms with Crippen molar-refractivity contribution in [3.05, 3.63) is 178 Å². The van der Waals surface area contributed by atoms with Gasteiger partial charge in [0.25, 0.3) is 0 Å². The van der Waals surface area contributed by atoms with Crippen LogP contribution in [0.3, 0.4) is 0 Å². The van der Waals surface area contributed by atoms with Gasteiger partial charge in [-0.05, 0) is 102 Å². The number of aliphatic imine (C=N–C) groups is 3. The number of nitrogens with one attached hydrogen (secondary N) is 1. The standard InChI is InChI=1S/C37H21F3N4/c38-24-7-1-21(2-8-24)35-29-15-13-27(41-29)28-14-16-30(42-28)36(22-3-9-25(39)10-4-22)32-18-20-34(44-32)37(33-19-17-31(35)43-33)23-5-11-26(40)12-6-23/h1-20,41H. The van der Waals surface area contributed by atoms with E-state index in [0.717, 1.165) is 49.8 Å². The van der Waals surface area contributed by atoms with E-state index in [1.165, 1.54) is 36.4 Å². The maximum Gasteiger partial charge on any atom is 0.123 e. The molecule has 210 valence electrons. The molecule has 44 heavy (non-hydrogen) atoms. The van der Waals surface area contributed by atoms with Gasteiger partial charge in [-0.15, -0.1) is 0 Å². The third kappa shape index (κ3) is 4.46. The average molecular weight is 579 g/mol. The lowest BCUT2D eigenvalue weighted by Crippen LogP contribution is -2.18. The molecule has 5 heterocycles. The second-order valence-electron chi connectivity index (χ2n) is 10.6. The van der Waals surface area contributed by atoms with E-state index in [2.05, 4.69) is 4.98 Å². The maximum absolute atomic E-state index is 14.0. The largest absolute Gasteiger partial charge is 0.353 e. The van der Waals surface area contributed by atoms with Gasteiger partial charge in [0.1, 0.15) is 17.5 Å². The summed E-state index contributed by atoms with van der Waals surface area (Å²) in [6.45, 7) is 0. The van der Waals surface area contributed by atoms with Crippen LogP contribution in [0.15, 0.2) is 148 Å². The molecule has 7 heteroatoms. The smallest absolute Gasteiger partial charge is 0.123 e. The van der Waals surface area contributed by atoms with Crippen molar-refractivity contribution in [2.75, 3.05) is 0 Å². The molecule has 0 atom stereocenters. The summed E-state index contributed by atoms with van der Waals surface area (Å²) in [6.07, 6.45) is 11.5. The van der Waals surface area contributed by atoms with E-state index in [0.29, 0.717) is 28.5 Å². The summed E-state index contributed by atoms with van der Waals surface area (Å²) in [4.78, 5) is 18.6. The molecule has 0 amide bonds. The molecule has 4 aromatic rings. The first kappa shape index (κ1) is 25.9. The average Bonchev–Trinajstić information content (AvgIpc) is 3.85. The lowest BCUT2D eigenvalue weighted by molar-refractivity contribution is 0.627. The van der Waals surface area contributed by atoms with E-state index in [-0.39, 0.29) is 17.5 Å². The maximum atomic E-state index is 14.0. The van der Waals surface area contributed by atoms with E-state index in [4.69, 9.17) is 15.0 Å². The van der Waals surface area contributed by atoms with E-state index in [9.17, 15) is 13.2 Å². The van der Waals surface area contributed by atoms with Crippen LogP contribution in [0, 0.1) is 17.5 Å². The molecule has 4 aliphatic heterocycles. The lowest BCUT2D eigenvalue weighted by atomic mass is 9.98. The van der Waals surface area contributed by atoms with Gasteiger partial charge in [-0.3, -0.25) is 0 Å². The number of allylic oxidation sites excluding steroid dienone is 7. The molecule has 4 nitrogen and oxygen atoms in total. The molecule has 1 aromatic heterocycles. The minimum atomic E-state index is -0.349. The van der Waals surface area contributed by atoms with Gasteiger partial charge in [-0.1, -0.05) is 36.4 Å². The molecule has 4 aliphatic rings. The van der Waals surface area contributed by atoms with E-state index < -0.39 is 0 Å². The van der Waals surface area contributed by atoms with Gasteiger partial charge in [-0.25, -0.2) is 28.1 Å². The van der Waals surface area contributed by atoms with Gasteiger partial charge < -0.3 is 4.98 Å². The highest BCUT2D eigenvalue weighted by Crippen LogP contribution is 2.34. The third-order valence-electron chi connectivity index (χ3n) is 7.83. The van der Waals surface area contributed by atoms with Crippen LogP contribution in [-0.2, 0) is 0 Å². The first-order valence-corrected chi connectivity index (χ1v) is 14.0. The molecule has 0 radical (unpaired) electrons. The number of aromatic amines is 1. The Balaban J connectivity index is 1.47. The Morgan fingerprint density at radius 3 is 1.20 bits per heavy atom. The fraction of sp³-hybridized carbons (Fsp3) is 0. The number of halogens is 3. The zero-order valence-electron chi connectivity index (χ0n) is 23.0. The van der Waals surface area contributed by atoms with Crippen molar-refractivity contribution in [2.24, 2.45) is 15.0 Å². The van der Waals surface area contributed by atoms with Gasteiger partial charge in [0, 0.05) is 22.1 Å². The third-order valence-corrected chi connectivity index (χ3v) is 7.83. The van der Waals surface area contributed by atoms with Crippen molar-refractivity contribution in [2.45, 2.75) is 0 Å². The molecular weight excluding hydrogens is 557 g/mol. The Bertz CT molecular complexity index is 2250. The first-order chi connectivity index (χ1) is 21.5. The summed E-state index contributed by atoms with van der Waals surface area (Å²) in [7, 11) is 0. The van der Waals surface area contributed by atoms with Gasteiger partial charge in [-0.2, -0.15) is 0 Å². The predicted octanol–water partition coefficient (Wildman–Crippen LogP) is 6.61. The van der Waals surface area contributed by atoms with Gasteiger partial charge in [0.15, 0.2) is 0 Å². The molecule has 8 rings (SSSR count). The number of fused-ring (bicyclic) bond motifs is 5.